The fourth-order valence-electron chi connectivity index (χ4n) is 3.75. The number of ether oxygens (including phenoxy) is 2. The van der Waals surface area contributed by atoms with Gasteiger partial charge in [-0.05, 0) is 50.5 Å². The van der Waals surface area contributed by atoms with Gasteiger partial charge in [0, 0.05) is 0 Å². The van der Waals surface area contributed by atoms with Crippen molar-refractivity contribution in [2.75, 3.05) is 0 Å². The van der Waals surface area contributed by atoms with Gasteiger partial charge in [-0.3, -0.25) is 0 Å². The van der Waals surface area contributed by atoms with Crippen LogP contribution in [0.2, 0.25) is 0 Å². The third-order valence-electron chi connectivity index (χ3n) is 5.46. The quantitative estimate of drug-likeness (QED) is 0.513. The number of carbonyl (C=O) groups excluding carboxylic acids is 2. The molecule has 2 rings (SSSR count). The lowest BCUT2D eigenvalue weighted by Gasteiger charge is -2.46. The highest BCUT2D eigenvalue weighted by Crippen LogP contribution is 2.40. The summed E-state index contributed by atoms with van der Waals surface area (Å²) in [5.74, 6) is -0.805. The molecule has 0 aliphatic heterocycles. The average molecular weight is 383 g/mol. The number of carbonyl (C=O) groups is 2. The van der Waals surface area contributed by atoms with E-state index < -0.39 is 23.1 Å². The zero-order valence-corrected chi connectivity index (χ0v) is 17.2. The van der Waals surface area contributed by atoms with Crippen LogP contribution >= 0.6 is 0 Å². The Labute approximate surface area is 167 Å². The molecule has 0 aliphatic carbocycles. The summed E-state index contributed by atoms with van der Waals surface area (Å²) in [6.45, 7) is 7.84. The molecule has 150 valence electrons. The second kappa shape index (κ2) is 9.54. The highest BCUT2D eigenvalue weighted by molar-refractivity contribution is 5.90. The molecule has 0 aliphatic rings. The van der Waals surface area contributed by atoms with Crippen LogP contribution in [0.5, 0.6) is 0 Å². The predicted octanol–water partition coefficient (Wildman–Crippen LogP) is 5.82. The molecule has 0 amide bonds. The van der Waals surface area contributed by atoms with Gasteiger partial charge in [-0.25, -0.2) is 9.59 Å². The normalized spacial score (nSPS) is 13.4. The standard InChI is InChI=1S/C24H30O4/c1-5-18-23(4,27-21(25)19-14-10-8-11-15-19)24(6-2,7-3)28-22(26)20-16-12-9-13-17-20/h8-17H,5-7,18H2,1-4H3. The van der Waals surface area contributed by atoms with E-state index in [1.807, 2.05) is 39.8 Å². The van der Waals surface area contributed by atoms with Crippen LogP contribution in [0.1, 0.15) is 74.1 Å². The molecule has 28 heavy (non-hydrogen) atoms. The van der Waals surface area contributed by atoms with Gasteiger partial charge in [0.15, 0.2) is 5.60 Å². The molecule has 0 saturated carbocycles. The first-order valence-electron chi connectivity index (χ1n) is 9.98. The minimum atomic E-state index is -0.942. The summed E-state index contributed by atoms with van der Waals surface area (Å²) in [5.41, 5.74) is -0.884. The van der Waals surface area contributed by atoms with E-state index in [0.29, 0.717) is 30.4 Å². The maximum Gasteiger partial charge on any atom is 0.338 e. The van der Waals surface area contributed by atoms with Gasteiger partial charge in [0.05, 0.1) is 11.1 Å². The van der Waals surface area contributed by atoms with Gasteiger partial charge < -0.3 is 9.47 Å². The number of benzene rings is 2. The smallest absolute Gasteiger partial charge is 0.338 e. The lowest BCUT2D eigenvalue weighted by atomic mass is 9.76. The van der Waals surface area contributed by atoms with Crippen molar-refractivity contribution in [1.82, 2.24) is 0 Å². The van der Waals surface area contributed by atoms with Gasteiger partial charge in [0.25, 0.3) is 0 Å². The van der Waals surface area contributed by atoms with Crippen LogP contribution in [-0.4, -0.2) is 23.1 Å². The van der Waals surface area contributed by atoms with Gasteiger partial charge in [-0.2, -0.15) is 0 Å². The van der Waals surface area contributed by atoms with Gasteiger partial charge in [0.1, 0.15) is 5.60 Å². The van der Waals surface area contributed by atoms with E-state index in [4.69, 9.17) is 9.47 Å². The lowest BCUT2D eigenvalue weighted by Crippen LogP contribution is -2.56. The first kappa shape index (κ1) is 21.7. The SMILES string of the molecule is CCCC(C)(OC(=O)c1ccccc1)C(CC)(CC)OC(=O)c1ccccc1. The van der Waals surface area contributed by atoms with E-state index in [1.165, 1.54) is 0 Å². The number of hydrogen-bond acceptors (Lipinski definition) is 4. The molecule has 2 aromatic carbocycles. The third-order valence-corrected chi connectivity index (χ3v) is 5.46. The van der Waals surface area contributed by atoms with E-state index >= 15 is 0 Å². The summed E-state index contributed by atoms with van der Waals surface area (Å²) >= 11 is 0. The van der Waals surface area contributed by atoms with E-state index in [2.05, 4.69) is 0 Å². The Kier molecular flexibility index (Phi) is 7.38. The Morgan fingerprint density at radius 2 is 1.18 bits per heavy atom. The van der Waals surface area contributed by atoms with Crippen molar-refractivity contribution in [3.63, 3.8) is 0 Å². The van der Waals surface area contributed by atoms with Crippen LogP contribution in [-0.2, 0) is 9.47 Å². The molecule has 0 saturated heterocycles. The zero-order valence-electron chi connectivity index (χ0n) is 17.2. The minimum absolute atomic E-state index is 0.401. The average Bonchev–Trinajstić information content (AvgIpc) is 2.73. The molecule has 2 aromatic rings. The third kappa shape index (κ3) is 4.61. The fraction of sp³-hybridized carbons (Fsp3) is 0.417. The number of esters is 2. The Balaban J connectivity index is 2.36. The summed E-state index contributed by atoms with van der Waals surface area (Å²) in [5, 5.41) is 0. The van der Waals surface area contributed by atoms with E-state index in [1.54, 1.807) is 48.5 Å². The molecule has 0 spiro atoms. The largest absolute Gasteiger partial charge is 0.452 e. The second-order valence-electron chi connectivity index (χ2n) is 7.19. The van der Waals surface area contributed by atoms with Crippen molar-refractivity contribution in [3.8, 4) is 0 Å². The van der Waals surface area contributed by atoms with Crippen molar-refractivity contribution in [2.24, 2.45) is 0 Å². The molecule has 4 nitrogen and oxygen atoms in total. The predicted molar refractivity (Wildman–Crippen MR) is 110 cm³/mol. The highest BCUT2D eigenvalue weighted by Gasteiger charge is 2.51. The molecule has 0 aromatic heterocycles. The first-order chi connectivity index (χ1) is 13.4. The molecule has 1 unspecified atom stereocenters. The molecule has 0 heterocycles. The molecular weight excluding hydrogens is 352 g/mol. The van der Waals surface area contributed by atoms with E-state index in [9.17, 15) is 9.59 Å². The fourth-order valence-corrected chi connectivity index (χ4v) is 3.75. The van der Waals surface area contributed by atoms with Crippen molar-refractivity contribution in [2.45, 2.75) is 64.6 Å². The first-order valence-corrected chi connectivity index (χ1v) is 9.98. The topological polar surface area (TPSA) is 52.6 Å². The van der Waals surface area contributed by atoms with E-state index in [-0.39, 0.29) is 0 Å². The van der Waals surface area contributed by atoms with Crippen molar-refractivity contribution < 1.29 is 19.1 Å². The Morgan fingerprint density at radius 3 is 1.57 bits per heavy atom. The Morgan fingerprint density at radius 1 is 0.750 bits per heavy atom. The van der Waals surface area contributed by atoms with Gasteiger partial charge >= 0.3 is 11.9 Å². The van der Waals surface area contributed by atoms with Gasteiger partial charge in [-0.15, -0.1) is 0 Å². The molecule has 0 N–H and O–H groups in total. The molecule has 0 radical (unpaired) electrons. The van der Waals surface area contributed by atoms with Gasteiger partial charge in [0.2, 0.25) is 0 Å². The van der Waals surface area contributed by atoms with Crippen LogP contribution in [0.3, 0.4) is 0 Å². The minimum Gasteiger partial charge on any atom is -0.452 e. The van der Waals surface area contributed by atoms with Crippen LogP contribution in [0, 0.1) is 0 Å². The van der Waals surface area contributed by atoms with Crippen LogP contribution in [0.4, 0.5) is 0 Å². The summed E-state index contributed by atoms with van der Waals surface area (Å²) in [7, 11) is 0. The van der Waals surface area contributed by atoms with Crippen molar-refractivity contribution in [1.29, 1.82) is 0 Å². The molecule has 1 atom stereocenters. The second-order valence-corrected chi connectivity index (χ2v) is 7.19. The van der Waals surface area contributed by atoms with Gasteiger partial charge in [-0.1, -0.05) is 63.6 Å². The number of rotatable bonds is 9. The summed E-state index contributed by atoms with van der Waals surface area (Å²) in [6, 6.07) is 17.8. The van der Waals surface area contributed by atoms with Crippen LogP contribution in [0.15, 0.2) is 60.7 Å². The van der Waals surface area contributed by atoms with Crippen LogP contribution < -0.4 is 0 Å². The lowest BCUT2D eigenvalue weighted by molar-refractivity contribution is -0.158. The molecule has 0 bridgehead atoms. The molecule has 0 fully saturated rings. The summed E-state index contributed by atoms with van der Waals surface area (Å²) in [4.78, 5) is 25.6. The number of hydrogen-bond donors (Lipinski definition) is 0. The van der Waals surface area contributed by atoms with Crippen LogP contribution in [0.25, 0.3) is 0 Å². The maximum absolute atomic E-state index is 12.8. The highest BCUT2D eigenvalue weighted by atomic mass is 16.6. The zero-order chi connectivity index (χ0) is 20.6. The monoisotopic (exact) mass is 382 g/mol. The summed E-state index contributed by atoms with van der Waals surface area (Å²) < 4.78 is 12.1. The Bertz CT molecular complexity index is 766. The molecule has 4 heteroatoms. The Hall–Kier alpha value is -2.62. The molecular formula is C24H30O4. The van der Waals surface area contributed by atoms with Crippen molar-refractivity contribution in [3.05, 3.63) is 71.8 Å². The van der Waals surface area contributed by atoms with E-state index in [0.717, 1.165) is 6.42 Å². The van der Waals surface area contributed by atoms with Crippen molar-refractivity contribution >= 4 is 11.9 Å². The summed E-state index contributed by atoms with van der Waals surface area (Å²) in [6.07, 6.45) is 2.47. The maximum atomic E-state index is 12.8.